The van der Waals surface area contributed by atoms with Crippen LogP contribution in [0.3, 0.4) is 0 Å². The first kappa shape index (κ1) is 22.7. The highest BCUT2D eigenvalue weighted by molar-refractivity contribution is 6.03. The number of fused-ring (bicyclic) bond motifs is 1. The number of nitrogens with one attached hydrogen (secondary N) is 5. The molecule has 1 aliphatic rings. The van der Waals surface area contributed by atoms with Gasteiger partial charge in [0.25, 0.3) is 5.91 Å². The molecular formula is C20H21F2N7O3. The second kappa shape index (κ2) is 9.92. The molecule has 0 saturated carbocycles. The molecule has 0 radical (unpaired) electrons. The van der Waals surface area contributed by atoms with Gasteiger partial charge < -0.3 is 31.8 Å². The van der Waals surface area contributed by atoms with Gasteiger partial charge in [0.1, 0.15) is 23.0 Å². The average Bonchev–Trinajstić information content (AvgIpc) is 3.13. The second-order valence-electron chi connectivity index (χ2n) is 6.90. The summed E-state index contributed by atoms with van der Waals surface area (Å²) in [6.07, 6.45) is 2.22. The first-order valence-corrected chi connectivity index (χ1v) is 9.58. The van der Waals surface area contributed by atoms with E-state index in [1.165, 1.54) is 12.3 Å². The average molecular weight is 445 g/mol. The number of amides is 2. The van der Waals surface area contributed by atoms with Gasteiger partial charge in [-0.2, -0.15) is 0 Å². The largest absolute Gasteiger partial charge is 0.394 e. The molecule has 0 unspecified atom stereocenters. The summed E-state index contributed by atoms with van der Waals surface area (Å²) in [7, 11) is 0. The first-order valence-electron chi connectivity index (χ1n) is 9.58. The fourth-order valence-electron chi connectivity index (χ4n) is 2.92. The topological polar surface area (TPSA) is 152 Å². The molecule has 0 aliphatic carbocycles. The number of hydrogen-bond acceptors (Lipinski definition) is 8. The van der Waals surface area contributed by atoms with E-state index in [2.05, 4.69) is 31.2 Å². The van der Waals surface area contributed by atoms with Crippen LogP contribution in [-0.2, 0) is 11.3 Å². The Morgan fingerprint density at radius 2 is 2.03 bits per heavy atom. The summed E-state index contributed by atoms with van der Waals surface area (Å²) in [4.78, 5) is 32.3. The molecule has 1 aliphatic heterocycles. The molecule has 1 aromatic heterocycles. The van der Waals surface area contributed by atoms with Crippen LogP contribution in [-0.4, -0.2) is 52.3 Å². The number of carbonyl (C=O) groups is 2. The van der Waals surface area contributed by atoms with Crippen molar-refractivity contribution in [3.8, 4) is 11.4 Å². The Balaban J connectivity index is 1.88. The molecule has 10 nitrogen and oxygen atoms in total. The maximum atomic E-state index is 14.2. The van der Waals surface area contributed by atoms with E-state index >= 15 is 0 Å². The number of aromatic nitrogens is 2. The van der Waals surface area contributed by atoms with E-state index < -0.39 is 29.1 Å². The number of hydrogen-bond donors (Lipinski definition) is 6. The van der Waals surface area contributed by atoms with E-state index in [9.17, 15) is 18.4 Å². The quantitative estimate of drug-likeness (QED) is 0.310. The normalized spacial score (nSPS) is 13.8. The number of benzene rings is 1. The van der Waals surface area contributed by atoms with Crippen molar-refractivity contribution in [2.45, 2.75) is 19.5 Å². The molecule has 0 bridgehead atoms. The summed E-state index contributed by atoms with van der Waals surface area (Å²) in [5.41, 5.74) is 0.0204. The van der Waals surface area contributed by atoms with Crippen LogP contribution in [0, 0.1) is 17.0 Å². The number of anilines is 1. The summed E-state index contributed by atoms with van der Waals surface area (Å²) in [5, 5.41) is 27.1. The number of halogens is 2. The second-order valence-corrected chi connectivity index (χ2v) is 6.90. The lowest BCUT2D eigenvalue weighted by Gasteiger charge is -2.13. The van der Waals surface area contributed by atoms with Crippen LogP contribution >= 0.6 is 0 Å². The third-order valence-electron chi connectivity index (χ3n) is 4.43. The first-order chi connectivity index (χ1) is 15.3. The van der Waals surface area contributed by atoms with Gasteiger partial charge in [-0.3, -0.25) is 9.59 Å². The minimum Gasteiger partial charge on any atom is -0.394 e. The van der Waals surface area contributed by atoms with E-state index in [0.717, 1.165) is 18.3 Å². The van der Waals surface area contributed by atoms with Crippen LogP contribution in [0.5, 0.6) is 0 Å². The van der Waals surface area contributed by atoms with Gasteiger partial charge in [0.15, 0.2) is 5.82 Å². The molecule has 0 spiro atoms. The summed E-state index contributed by atoms with van der Waals surface area (Å²) in [6.45, 7) is 1.34. The maximum Gasteiger partial charge on any atom is 0.257 e. The molecule has 0 fully saturated rings. The van der Waals surface area contributed by atoms with Gasteiger partial charge in [0.05, 0.1) is 36.7 Å². The summed E-state index contributed by atoms with van der Waals surface area (Å²) < 4.78 is 28.5. The standard InChI is InChI=1S/C20H21F2N7O3/c1-10(9-30)26-15(31)8-24-6-11(5-23)27-19-17-14(7-25-20(17)32)28-18(29-19)16-12(21)3-2-4-13(16)22/h2-6,10,23-24,30H,7-9H2,1H3,(H,25,32)(H,26,31)(H,27,28,29)/b11-6+,23-5?/t10-/m1/s1. The smallest absolute Gasteiger partial charge is 0.257 e. The number of rotatable bonds is 9. The highest BCUT2D eigenvalue weighted by atomic mass is 19.1. The van der Waals surface area contributed by atoms with E-state index in [4.69, 9.17) is 10.5 Å². The third kappa shape index (κ3) is 5.03. The highest BCUT2D eigenvalue weighted by Gasteiger charge is 2.28. The molecule has 2 amide bonds. The highest BCUT2D eigenvalue weighted by Crippen LogP contribution is 2.29. The molecule has 168 valence electrons. The molecule has 6 N–H and O–H groups in total. The zero-order valence-electron chi connectivity index (χ0n) is 17.0. The van der Waals surface area contributed by atoms with Crippen molar-refractivity contribution in [1.82, 2.24) is 25.9 Å². The van der Waals surface area contributed by atoms with Crippen molar-refractivity contribution in [2.75, 3.05) is 18.5 Å². The van der Waals surface area contributed by atoms with Crippen LogP contribution in [0.2, 0.25) is 0 Å². The third-order valence-corrected chi connectivity index (χ3v) is 4.43. The van der Waals surface area contributed by atoms with Crippen molar-refractivity contribution >= 4 is 23.8 Å². The van der Waals surface area contributed by atoms with E-state index in [1.54, 1.807) is 6.92 Å². The number of allylic oxidation sites excluding steroid dienone is 1. The van der Waals surface area contributed by atoms with Gasteiger partial charge >= 0.3 is 0 Å². The zero-order chi connectivity index (χ0) is 23.3. The van der Waals surface area contributed by atoms with Crippen LogP contribution in [0.1, 0.15) is 23.0 Å². The van der Waals surface area contributed by atoms with Crippen molar-refractivity contribution < 1.29 is 23.5 Å². The van der Waals surface area contributed by atoms with Crippen molar-refractivity contribution in [3.05, 3.63) is 53.0 Å². The number of nitrogens with zero attached hydrogens (tertiary/aromatic N) is 2. The van der Waals surface area contributed by atoms with Gasteiger partial charge in [0, 0.05) is 18.5 Å². The SMILES string of the molecule is C[C@H](CO)NC(=O)CN/C=C(\C=N)Nc1nc(-c2c(F)cccc2F)nc2c1C(=O)NC2. The van der Waals surface area contributed by atoms with Gasteiger partial charge in [-0.1, -0.05) is 6.07 Å². The lowest BCUT2D eigenvalue weighted by molar-refractivity contribution is -0.120. The van der Waals surface area contributed by atoms with Gasteiger partial charge in [-0.25, -0.2) is 18.7 Å². The Morgan fingerprint density at radius 1 is 1.31 bits per heavy atom. The summed E-state index contributed by atoms with van der Waals surface area (Å²) in [6, 6.07) is 2.94. The Hall–Kier alpha value is -3.93. The number of aliphatic hydroxyl groups is 1. The van der Waals surface area contributed by atoms with Crippen LogP contribution in [0.25, 0.3) is 11.4 Å². The molecule has 32 heavy (non-hydrogen) atoms. The van der Waals surface area contributed by atoms with E-state index in [-0.39, 0.29) is 54.2 Å². The minimum absolute atomic E-state index is 0.0439. The van der Waals surface area contributed by atoms with Crippen LogP contribution in [0.15, 0.2) is 30.1 Å². The van der Waals surface area contributed by atoms with E-state index in [1.807, 2.05) is 0 Å². The lowest BCUT2D eigenvalue weighted by Crippen LogP contribution is -2.39. The molecule has 1 atom stereocenters. The molecule has 1 aromatic carbocycles. The Labute approximate surface area is 181 Å². The fourth-order valence-corrected chi connectivity index (χ4v) is 2.92. The molecule has 2 heterocycles. The van der Waals surface area contributed by atoms with Gasteiger partial charge in [-0.15, -0.1) is 0 Å². The summed E-state index contributed by atoms with van der Waals surface area (Å²) >= 11 is 0. The van der Waals surface area contributed by atoms with E-state index in [0.29, 0.717) is 0 Å². The van der Waals surface area contributed by atoms with Crippen molar-refractivity contribution in [3.63, 3.8) is 0 Å². The van der Waals surface area contributed by atoms with Gasteiger partial charge in [0.2, 0.25) is 5.91 Å². The molecule has 12 heteroatoms. The number of aliphatic hydroxyl groups excluding tert-OH is 1. The predicted molar refractivity (Wildman–Crippen MR) is 112 cm³/mol. The Kier molecular flexibility index (Phi) is 7.05. The molecule has 2 aromatic rings. The number of carbonyl (C=O) groups excluding carboxylic acids is 2. The molecular weight excluding hydrogens is 424 g/mol. The van der Waals surface area contributed by atoms with Crippen molar-refractivity contribution in [1.29, 1.82) is 5.41 Å². The Morgan fingerprint density at radius 3 is 2.69 bits per heavy atom. The zero-order valence-corrected chi connectivity index (χ0v) is 17.0. The van der Waals surface area contributed by atoms with Crippen LogP contribution < -0.4 is 21.3 Å². The minimum atomic E-state index is -0.860. The molecule has 0 saturated heterocycles. The van der Waals surface area contributed by atoms with Gasteiger partial charge in [-0.05, 0) is 19.1 Å². The van der Waals surface area contributed by atoms with Crippen LogP contribution in [0.4, 0.5) is 14.6 Å². The fraction of sp³-hybridized carbons (Fsp3) is 0.250. The Bertz CT molecular complexity index is 1070. The summed E-state index contributed by atoms with van der Waals surface area (Å²) in [5.74, 6) is -2.88. The molecule has 3 rings (SSSR count). The maximum absolute atomic E-state index is 14.2. The van der Waals surface area contributed by atoms with Crippen molar-refractivity contribution in [2.24, 2.45) is 0 Å². The predicted octanol–water partition coefficient (Wildman–Crippen LogP) is 0.655. The monoisotopic (exact) mass is 445 g/mol. The lowest BCUT2D eigenvalue weighted by atomic mass is 10.1.